The number of urea groups is 1. The van der Waals surface area contributed by atoms with Gasteiger partial charge in [-0.2, -0.15) is 0 Å². The molecule has 4 rings (SSSR count). The summed E-state index contributed by atoms with van der Waals surface area (Å²) in [4.78, 5) is 31.3. The van der Waals surface area contributed by atoms with Crippen molar-refractivity contribution in [3.63, 3.8) is 0 Å². The van der Waals surface area contributed by atoms with Gasteiger partial charge in [0.05, 0.1) is 11.4 Å². The van der Waals surface area contributed by atoms with Crippen LogP contribution in [0.2, 0.25) is 0 Å². The van der Waals surface area contributed by atoms with Crippen molar-refractivity contribution in [1.82, 2.24) is 15.3 Å². The van der Waals surface area contributed by atoms with E-state index >= 15 is 0 Å². The average molecular weight is 446 g/mol. The van der Waals surface area contributed by atoms with Crippen molar-refractivity contribution in [3.05, 3.63) is 77.1 Å². The normalized spacial score (nSPS) is 13.4. The number of benzene rings is 1. The molecule has 2 amide bonds. The van der Waals surface area contributed by atoms with Crippen LogP contribution in [-0.4, -0.2) is 28.3 Å². The van der Waals surface area contributed by atoms with E-state index in [0.717, 1.165) is 30.3 Å². The van der Waals surface area contributed by atoms with E-state index in [9.17, 15) is 14.0 Å². The summed E-state index contributed by atoms with van der Waals surface area (Å²) in [6, 6.07) is 9.27. The predicted molar refractivity (Wildman–Crippen MR) is 124 cm³/mol. The van der Waals surface area contributed by atoms with Crippen molar-refractivity contribution < 1.29 is 18.7 Å². The SMILES string of the molecule is C/C(=C\c1nccc(Oc2ccc(NC(=O)NC3CC3)cc2F)c1C)c1ccc(C=O)cn1. The van der Waals surface area contributed by atoms with Crippen LogP contribution in [0, 0.1) is 12.7 Å². The molecule has 168 valence electrons. The fraction of sp³-hybridized carbons (Fsp3) is 0.200. The highest BCUT2D eigenvalue weighted by Crippen LogP contribution is 2.31. The van der Waals surface area contributed by atoms with Gasteiger partial charge in [0.1, 0.15) is 5.75 Å². The van der Waals surface area contributed by atoms with Gasteiger partial charge in [0.25, 0.3) is 0 Å². The van der Waals surface area contributed by atoms with Gasteiger partial charge in [-0.25, -0.2) is 9.18 Å². The van der Waals surface area contributed by atoms with Crippen molar-refractivity contribution >= 4 is 29.7 Å². The number of hydrogen-bond acceptors (Lipinski definition) is 5. The molecule has 1 aromatic carbocycles. The van der Waals surface area contributed by atoms with Gasteiger partial charge < -0.3 is 15.4 Å². The Morgan fingerprint density at radius 1 is 1.15 bits per heavy atom. The number of carbonyl (C=O) groups excluding carboxylic acids is 2. The lowest BCUT2D eigenvalue weighted by Crippen LogP contribution is -2.30. The van der Waals surface area contributed by atoms with Crippen LogP contribution in [0.4, 0.5) is 14.9 Å². The van der Waals surface area contributed by atoms with Gasteiger partial charge in [-0.1, -0.05) is 0 Å². The lowest BCUT2D eigenvalue weighted by atomic mass is 10.1. The highest BCUT2D eigenvalue weighted by molar-refractivity contribution is 5.89. The molecule has 0 unspecified atom stereocenters. The summed E-state index contributed by atoms with van der Waals surface area (Å²) >= 11 is 0. The Morgan fingerprint density at radius 3 is 2.64 bits per heavy atom. The summed E-state index contributed by atoms with van der Waals surface area (Å²) in [5.41, 5.74) is 3.80. The largest absolute Gasteiger partial charge is 0.454 e. The summed E-state index contributed by atoms with van der Waals surface area (Å²) in [5.74, 6) is -0.0993. The number of aldehydes is 1. The van der Waals surface area contributed by atoms with Crippen LogP contribution in [0.25, 0.3) is 11.6 Å². The summed E-state index contributed by atoms with van der Waals surface area (Å²) in [6.45, 7) is 3.72. The molecule has 1 saturated carbocycles. The molecule has 1 fully saturated rings. The number of anilines is 1. The van der Waals surface area contributed by atoms with Crippen molar-refractivity contribution in [3.8, 4) is 11.5 Å². The topological polar surface area (TPSA) is 93.2 Å². The number of nitrogens with zero attached hydrogens (tertiary/aromatic N) is 2. The van der Waals surface area contributed by atoms with Gasteiger partial charge in [-0.3, -0.25) is 14.8 Å². The highest BCUT2D eigenvalue weighted by atomic mass is 19.1. The number of amides is 2. The van der Waals surface area contributed by atoms with Crippen molar-refractivity contribution in [2.75, 3.05) is 5.32 Å². The number of pyridine rings is 2. The van der Waals surface area contributed by atoms with E-state index < -0.39 is 5.82 Å². The first-order valence-corrected chi connectivity index (χ1v) is 10.5. The number of aromatic nitrogens is 2. The van der Waals surface area contributed by atoms with Gasteiger partial charge in [0.2, 0.25) is 0 Å². The Hall–Kier alpha value is -4.07. The molecule has 2 heterocycles. The smallest absolute Gasteiger partial charge is 0.319 e. The third-order valence-corrected chi connectivity index (χ3v) is 5.20. The number of carbonyl (C=O) groups is 2. The van der Waals surface area contributed by atoms with Gasteiger partial charge in [0, 0.05) is 41.3 Å². The maximum Gasteiger partial charge on any atom is 0.319 e. The molecular weight excluding hydrogens is 423 g/mol. The molecule has 1 aliphatic carbocycles. The minimum atomic E-state index is -0.594. The summed E-state index contributed by atoms with van der Waals surface area (Å²) in [5, 5.41) is 5.41. The zero-order valence-corrected chi connectivity index (χ0v) is 18.3. The first-order chi connectivity index (χ1) is 15.9. The van der Waals surface area contributed by atoms with Crippen LogP contribution >= 0.6 is 0 Å². The molecule has 0 atom stereocenters. The third-order valence-electron chi connectivity index (χ3n) is 5.20. The van der Waals surface area contributed by atoms with Crippen molar-refractivity contribution in [2.24, 2.45) is 0 Å². The predicted octanol–water partition coefficient (Wildman–Crippen LogP) is 5.37. The monoisotopic (exact) mass is 446 g/mol. The molecule has 0 radical (unpaired) electrons. The van der Waals surface area contributed by atoms with E-state index in [2.05, 4.69) is 20.6 Å². The van der Waals surface area contributed by atoms with Crippen molar-refractivity contribution in [1.29, 1.82) is 0 Å². The molecule has 8 heteroatoms. The minimum absolute atomic E-state index is 0.0372. The van der Waals surface area contributed by atoms with E-state index in [1.807, 2.05) is 19.9 Å². The Morgan fingerprint density at radius 2 is 1.97 bits per heavy atom. The molecule has 33 heavy (non-hydrogen) atoms. The Kier molecular flexibility index (Phi) is 6.44. The number of nitrogens with one attached hydrogen (secondary N) is 2. The second-order valence-electron chi connectivity index (χ2n) is 7.86. The molecule has 0 bridgehead atoms. The van der Waals surface area contributed by atoms with Crippen LogP contribution in [0.5, 0.6) is 11.5 Å². The van der Waals surface area contributed by atoms with E-state index in [0.29, 0.717) is 28.4 Å². The molecule has 2 aromatic heterocycles. The van der Waals surface area contributed by atoms with Crippen LogP contribution in [-0.2, 0) is 0 Å². The fourth-order valence-electron chi connectivity index (χ4n) is 3.14. The quantitative estimate of drug-likeness (QED) is 0.476. The summed E-state index contributed by atoms with van der Waals surface area (Å²) < 4.78 is 20.4. The standard InChI is InChI=1S/C25H23FN4O3/c1-15(21-7-3-17(14-31)13-28-21)11-22-16(2)23(9-10-27-22)33-24-8-6-19(12-20(24)26)30-25(32)29-18-4-5-18/h3,6-14,18H,4-5H2,1-2H3,(H2,29,30,32)/b15-11+. The Labute approximate surface area is 190 Å². The highest BCUT2D eigenvalue weighted by Gasteiger charge is 2.23. The summed E-state index contributed by atoms with van der Waals surface area (Å²) in [6.07, 6.45) is 7.63. The summed E-state index contributed by atoms with van der Waals surface area (Å²) in [7, 11) is 0. The number of halogens is 1. The fourth-order valence-corrected chi connectivity index (χ4v) is 3.14. The Bertz CT molecular complexity index is 1220. The molecular formula is C25H23FN4O3. The maximum atomic E-state index is 14.6. The van der Waals surface area contributed by atoms with Crippen LogP contribution in [0.1, 0.15) is 47.1 Å². The van der Waals surface area contributed by atoms with E-state index in [1.165, 1.54) is 18.3 Å². The van der Waals surface area contributed by atoms with E-state index in [-0.39, 0.29) is 17.8 Å². The number of ether oxygens (including phenoxy) is 1. The molecule has 3 aromatic rings. The first kappa shape index (κ1) is 22.1. The molecule has 1 aliphatic rings. The second-order valence-corrected chi connectivity index (χ2v) is 7.86. The average Bonchev–Trinajstić information content (AvgIpc) is 3.62. The molecule has 0 aliphatic heterocycles. The molecule has 2 N–H and O–H groups in total. The number of rotatable bonds is 7. The van der Waals surface area contributed by atoms with Gasteiger partial charge in [-0.05, 0) is 68.7 Å². The molecule has 7 nitrogen and oxygen atoms in total. The van der Waals surface area contributed by atoms with Crippen LogP contribution in [0.3, 0.4) is 0 Å². The van der Waals surface area contributed by atoms with Gasteiger partial charge in [-0.15, -0.1) is 0 Å². The van der Waals surface area contributed by atoms with Crippen molar-refractivity contribution in [2.45, 2.75) is 32.7 Å². The Balaban J connectivity index is 1.50. The zero-order chi connectivity index (χ0) is 23.4. The third kappa shape index (κ3) is 5.60. The van der Waals surface area contributed by atoms with E-state index in [1.54, 1.807) is 30.5 Å². The lowest BCUT2D eigenvalue weighted by Gasteiger charge is -2.13. The number of hydrogen-bond donors (Lipinski definition) is 2. The number of allylic oxidation sites excluding steroid dienone is 1. The molecule has 0 saturated heterocycles. The van der Waals surface area contributed by atoms with Crippen LogP contribution in [0.15, 0.2) is 48.8 Å². The first-order valence-electron chi connectivity index (χ1n) is 10.5. The second kappa shape index (κ2) is 9.60. The van der Waals surface area contributed by atoms with E-state index in [4.69, 9.17) is 4.74 Å². The molecule has 0 spiro atoms. The minimum Gasteiger partial charge on any atom is -0.454 e. The van der Waals surface area contributed by atoms with Gasteiger partial charge in [0.15, 0.2) is 17.9 Å². The van der Waals surface area contributed by atoms with Crippen LogP contribution < -0.4 is 15.4 Å². The zero-order valence-electron chi connectivity index (χ0n) is 18.3. The van der Waals surface area contributed by atoms with Gasteiger partial charge >= 0.3 is 6.03 Å². The lowest BCUT2D eigenvalue weighted by molar-refractivity contribution is 0.112. The maximum absolute atomic E-state index is 14.6.